The molecule has 2 aromatic carbocycles. The van der Waals surface area contributed by atoms with Crippen LogP contribution in [0.1, 0.15) is 36.0 Å². The number of fused-ring (bicyclic) bond motifs is 1. The number of hydrogen-bond donors (Lipinski definition) is 1. The van der Waals surface area contributed by atoms with Crippen molar-refractivity contribution in [1.29, 1.82) is 5.26 Å². The molecule has 7 nitrogen and oxygen atoms in total. The fourth-order valence-electron chi connectivity index (χ4n) is 6.63. The Morgan fingerprint density at radius 3 is 2.51 bits per heavy atom. The van der Waals surface area contributed by atoms with Crippen molar-refractivity contribution in [1.82, 2.24) is 19.8 Å². The summed E-state index contributed by atoms with van der Waals surface area (Å²) in [5.41, 5.74) is 2.42. The minimum absolute atomic E-state index is 0.0263. The smallest absolute Gasteiger partial charge is 0.370 e. The van der Waals surface area contributed by atoms with E-state index in [9.17, 15) is 23.2 Å². The van der Waals surface area contributed by atoms with Gasteiger partial charge in [0.05, 0.1) is 33.4 Å². The molecule has 4 aromatic rings. The van der Waals surface area contributed by atoms with Crippen LogP contribution in [0.4, 0.5) is 18.9 Å². The van der Waals surface area contributed by atoms with Crippen molar-refractivity contribution in [3.63, 3.8) is 0 Å². The Morgan fingerprint density at radius 1 is 1.07 bits per heavy atom. The molecule has 0 spiro atoms. The molecule has 2 aliphatic heterocycles. The van der Waals surface area contributed by atoms with Gasteiger partial charge in [0, 0.05) is 56.1 Å². The topological polar surface area (TPSA) is 77.2 Å². The molecular formula is C33H33F3N6O. The number of alkyl halides is 3. The van der Waals surface area contributed by atoms with Gasteiger partial charge in [0.1, 0.15) is 6.07 Å². The van der Waals surface area contributed by atoms with Crippen LogP contribution in [0.15, 0.2) is 67.0 Å². The van der Waals surface area contributed by atoms with Gasteiger partial charge in [-0.3, -0.25) is 9.78 Å². The van der Waals surface area contributed by atoms with Crippen molar-refractivity contribution in [2.24, 2.45) is 7.05 Å². The van der Waals surface area contributed by atoms with E-state index in [0.29, 0.717) is 31.6 Å². The number of nitrogens with zero attached hydrogens (tertiary/aromatic N) is 5. The second-order valence-corrected chi connectivity index (χ2v) is 11.7. The van der Waals surface area contributed by atoms with E-state index in [1.54, 1.807) is 6.20 Å². The number of anilines is 1. The second kappa shape index (κ2) is 11.0. The lowest BCUT2D eigenvalue weighted by atomic mass is 9.72. The van der Waals surface area contributed by atoms with Gasteiger partial charge in [0.25, 0.3) is 0 Å². The summed E-state index contributed by atoms with van der Waals surface area (Å²) >= 11 is 0. The number of piperidine rings is 1. The maximum atomic E-state index is 14.1. The number of benzene rings is 2. The van der Waals surface area contributed by atoms with Gasteiger partial charge < -0.3 is 19.7 Å². The van der Waals surface area contributed by atoms with Crippen LogP contribution in [0.5, 0.6) is 0 Å². The number of likely N-dealkylation sites (N-methyl/N-ethyl adjacent to an activating group) is 1. The van der Waals surface area contributed by atoms with E-state index in [2.05, 4.69) is 26.9 Å². The Bertz CT molecular complexity index is 1700. The van der Waals surface area contributed by atoms with Gasteiger partial charge in [-0.1, -0.05) is 24.3 Å². The van der Waals surface area contributed by atoms with Crippen LogP contribution < -0.4 is 10.2 Å². The largest absolute Gasteiger partial charge is 0.416 e. The zero-order chi connectivity index (χ0) is 30.4. The number of pyridine rings is 1. The first-order valence-corrected chi connectivity index (χ1v) is 14.5. The molecule has 222 valence electrons. The number of halogens is 3. The normalized spacial score (nSPS) is 19.0. The molecule has 2 saturated heterocycles. The number of nitriles is 1. The van der Waals surface area contributed by atoms with Crippen molar-refractivity contribution in [3.05, 3.63) is 83.7 Å². The average molecular weight is 587 g/mol. The van der Waals surface area contributed by atoms with Gasteiger partial charge in [-0.05, 0) is 68.8 Å². The minimum Gasteiger partial charge on any atom is -0.370 e. The molecule has 2 fully saturated rings. The van der Waals surface area contributed by atoms with E-state index in [1.807, 2.05) is 55.5 Å². The third-order valence-electron chi connectivity index (χ3n) is 9.05. The standard InChI is InChI=1S/C33H33F3N6O/c1-40-14-11-26(21-40)39-31(43)32(12-16-42(17-13-32)29-9-7-24(33(34,35)36)18-23(29)19-37)25-6-8-28(38-20-25)27-5-3-4-22-10-15-41(2)30(22)27/h3-10,15,18,20,26H,11-14,16-17,21H2,1-2H3,(H,39,43)/t26-/m1/s1. The van der Waals surface area contributed by atoms with Crippen molar-refractivity contribution in [2.75, 3.05) is 38.1 Å². The number of rotatable bonds is 5. The summed E-state index contributed by atoms with van der Waals surface area (Å²) in [4.78, 5) is 23.0. The predicted molar refractivity (Wildman–Crippen MR) is 159 cm³/mol. The Hall–Kier alpha value is -4.36. The Balaban J connectivity index is 1.31. The average Bonchev–Trinajstić information content (AvgIpc) is 3.60. The summed E-state index contributed by atoms with van der Waals surface area (Å²) in [5.74, 6) is -0.0561. The lowest BCUT2D eigenvalue weighted by Crippen LogP contribution is -2.54. The number of hydrogen-bond acceptors (Lipinski definition) is 5. The van der Waals surface area contributed by atoms with Crippen LogP contribution in [-0.2, 0) is 23.4 Å². The summed E-state index contributed by atoms with van der Waals surface area (Å²) in [7, 11) is 4.04. The van der Waals surface area contributed by atoms with Crippen molar-refractivity contribution < 1.29 is 18.0 Å². The highest BCUT2D eigenvalue weighted by Crippen LogP contribution is 2.40. The SMILES string of the molecule is CN1CC[C@@H](NC(=O)C2(c3ccc(-c4cccc5ccn(C)c45)nc3)CCN(c3ccc(C(F)(F)F)cc3C#N)CC2)C1. The third-order valence-corrected chi connectivity index (χ3v) is 9.05. The highest BCUT2D eigenvalue weighted by atomic mass is 19.4. The Kier molecular flexibility index (Phi) is 7.38. The van der Waals surface area contributed by atoms with E-state index >= 15 is 0 Å². The zero-order valence-corrected chi connectivity index (χ0v) is 24.2. The highest BCUT2D eigenvalue weighted by Gasteiger charge is 2.44. The van der Waals surface area contributed by atoms with Crippen LogP contribution in [-0.4, -0.2) is 59.6 Å². The molecule has 6 rings (SSSR count). The van der Waals surface area contributed by atoms with Gasteiger partial charge in [-0.15, -0.1) is 0 Å². The molecule has 43 heavy (non-hydrogen) atoms. The first kappa shape index (κ1) is 28.7. The number of para-hydroxylation sites is 1. The lowest BCUT2D eigenvalue weighted by molar-refractivity contribution is -0.137. The number of aromatic nitrogens is 2. The van der Waals surface area contributed by atoms with Gasteiger partial charge >= 0.3 is 6.18 Å². The zero-order valence-electron chi connectivity index (χ0n) is 24.2. The van der Waals surface area contributed by atoms with Gasteiger partial charge in [-0.25, -0.2) is 0 Å². The van der Waals surface area contributed by atoms with Crippen molar-refractivity contribution >= 4 is 22.5 Å². The Labute approximate surface area is 248 Å². The summed E-state index contributed by atoms with van der Waals surface area (Å²) in [6.45, 7) is 2.51. The Morgan fingerprint density at radius 2 is 1.86 bits per heavy atom. The van der Waals surface area contributed by atoms with E-state index < -0.39 is 17.2 Å². The lowest BCUT2D eigenvalue weighted by Gasteiger charge is -2.42. The van der Waals surface area contributed by atoms with Crippen molar-refractivity contribution in [3.8, 4) is 17.3 Å². The van der Waals surface area contributed by atoms with Crippen molar-refractivity contribution in [2.45, 2.75) is 36.9 Å². The third kappa shape index (κ3) is 5.34. The number of carbonyl (C=O) groups excluding carboxylic acids is 1. The molecule has 0 bridgehead atoms. The van der Waals surface area contributed by atoms with Gasteiger partial charge in [-0.2, -0.15) is 18.4 Å². The second-order valence-electron chi connectivity index (χ2n) is 11.7. The van der Waals surface area contributed by atoms with Crippen LogP contribution in [0.3, 0.4) is 0 Å². The molecule has 1 amide bonds. The number of carbonyl (C=O) groups is 1. The molecular weight excluding hydrogens is 553 g/mol. The summed E-state index contributed by atoms with van der Waals surface area (Å²) in [6, 6.07) is 17.4. The quantitative estimate of drug-likeness (QED) is 0.335. The first-order valence-electron chi connectivity index (χ1n) is 14.5. The highest BCUT2D eigenvalue weighted by molar-refractivity contribution is 5.94. The fraction of sp³-hybridized carbons (Fsp3) is 0.364. The molecule has 4 heterocycles. The summed E-state index contributed by atoms with van der Waals surface area (Å²) in [5, 5.41) is 14.1. The first-order chi connectivity index (χ1) is 20.6. The number of amides is 1. The van der Waals surface area contributed by atoms with Crippen LogP contribution in [0.2, 0.25) is 0 Å². The maximum absolute atomic E-state index is 14.1. The monoisotopic (exact) mass is 586 g/mol. The molecule has 2 aromatic heterocycles. The number of aryl methyl sites for hydroxylation is 1. The van der Waals surface area contributed by atoms with E-state index in [0.717, 1.165) is 59.4 Å². The van der Waals surface area contributed by atoms with Gasteiger partial charge in [0.2, 0.25) is 5.91 Å². The van der Waals surface area contributed by atoms with Crippen LogP contribution in [0, 0.1) is 11.3 Å². The molecule has 10 heteroatoms. The van der Waals surface area contributed by atoms with E-state index in [4.69, 9.17) is 4.98 Å². The van der Waals surface area contributed by atoms with Gasteiger partial charge in [0.15, 0.2) is 0 Å². The van der Waals surface area contributed by atoms with E-state index in [-0.39, 0.29) is 17.5 Å². The molecule has 1 N–H and O–H groups in total. The molecule has 0 saturated carbocycles. The molecule has 0 unspecified atom stereocenters. The summed E-state index contributed by atoms with van der Waals surface area (Å²) in [6.07, 6.45) is 1.03. The molecule has 2 aliphatic rings. The van der Waals surface area contributed by atoms with E-state index in [1.165, 1.54) is 6.07 Å². The fourth-order valence-corrected chi connectivity index (χ4v) is 6.63. The minimum atomic E-state index is -4.53. The molecule has 1 atom stereocenters. The summed E-state index contributed by atoms with van der Waals surface area (Å²) < 4.78 is 41.9. The molecule has 0 aliphatic carbocycles. The number of likely N-dealkylation sites (tertiary alicyclic amines) is 1. The predicted octanol–water partition coefficient (Wildman–Crippen LogP) is 5.49. The number of nitrogens with one attached hydrogen (secondary N) is 1. The maximum Gasteiger partial charge on any atom is 0.416 e. The van der Waals surface area contributed by atoms with Crippen LogP contribution in [0.25, 0.3) is 22.2 Å². The molecule has 0 radical (unpaired) electrons. The van der Waals surface area contributed by atoms with Crippen LogP contribution >= 0.6 is 0 Å².